The Bertz CT molecular complexity index is 2600. The molecule has 0 aliphatic carbocycles. The highest BCUT2D eigenvalue weighted by atomic mass is 32.1. The molecule has 0 radical (unpaired) electrons. The molecule has 2 saturated heterocycles. The Morgan fingerprint density at radius 3 is 1.39 bits per heavy atom. The van der Waals surface area contributed by atoms with Gasteiger partial charge in [-0.3, -0.25) is 18.2 Å². The summed E-state index contributed by atoms with van der Waals surface area (Å²) in [6.07, 6.45) is -25.8. The summed E-state index contributed by atoms with van der Waals surface area (Å²) in [6.45, 7) is 0. The molecule has 2 aromatic heterocycles. The SMILES string of the molecule is Nc1nc(=S)n([C@@H]2O[C@H](OP(=O)(O)OP(=O)(O)OP(=O)(O)O)CC2(F)C(F)(F)F)cc1F.O=P(O)(O)OP(=O)(O)OP(=O)(O)O[C@@H]1CC(F)(C(F)(F)F)[C@H](n2cc(F)c(=S)[nH]c2=S)O1. The predicted molar refractivity (Wildman–Crippen MR) is 185 cm³/mol. The number of H-pyrrole nitrogens is 1. The number of nitrogens with one attached hydrogen (secondary N) is 1. The second-order valence-electron chi connectivity index (χ2n) is 11.7. The first kappa shape index (κ1) is 57.0. The molecule has 0 spiro atoms. The lowest BCUT2D eigenvalue weighted by Crippen LogP contribution is -2.45. The maximum atomic E-state index is 15.0. The van der Waals surface area contributed by atoms with Crippen molar-refractivity contribution in [2.45, 2.75) is 61.6 Å². The van der Waals surface area contributed by atoms with Gasteiger partial charge in [0.05, 0.1) is 0 Å². The summed E-state index contributed by atoms with van der Waals surface area (Å²) in [7, 11) is -35.5. The standard InChI is InChI=1S/C9H11F5N3O11P3S.C9H10F5N2O11P3S2/c10-3-2-17(7(32)16-5(3)15)6-8(11,9(12,13)14)1-4(25-6)26-30(21,22)28-31(23,24)27-29(18,19)20;10-3-2-16(7(32)15-5(3)31)6-8(11,9(12,13)14)1-4(24-6)25-29(20,21)27-30(22,23)26-28(17,18)19/h2,4,6H,1H2,(H,21,22)(H,23,24)(H2,15,16,32)(H2,18,19,20);2,4,6H,1H2,(H,20,21)(H,22,23)(H,15,31,32)(H2,17,18,19)/t2*4-,6-,8?/m11/s1. The van der Waals surface area contributed by atoms with Gasteiger partial charge >= 0.3 is 59.3 Å². The average molecular weight is 1130 g/mol. The lowest BCUT2D eigenvalue weighted by Gasteiger charge is -2.29. The quantitative estimate of drug-likeness (QED) is 0.0637. The zero-order valence-electron chi connectivity index (χ0n) is 29.3. The van der Waals surface area contributed by atoms with E-state index in [9.17, 15) is 81.1 Å². The van der Waals surface area contributed by atoms with Gasteiger partial charge in [-0.15, -0.1) is 0 Å². The van der Waals surface area contributed by atoms with Crippen LogP contribution in [-0.4, -0.2) is 94.5 Å². The Labute approximate surface area is 359 Å². The number of aromatic amines is 1. The lowest BCUT2D eigenvalue weighted by atomic mass is 10.0. The number of ether oxygens (including phenoxy) is 2. The van der Waals surface area contributed by atoms with Crippen molar-refractivity contribution in [1.82, 2.24) is 19.1 Å². The van der Waals surface area contributed by atoms with Gasteiger partial charge in [0.25, 0.3) is 11.3 Å². The normalized spacial score (nSPS) is 28.3. The minimum Gasteiger partial charge on any atom is -0.381 e. The molecule has 2 aliphatic rings. The zero-order chi connectivity index (χ0) is 49.8. The van der Waals surface area contributed by atoms with Crippen LogP contribution in [0.15, 0.2) is 12.4 Å². The molecule has 6 unspecified atom stereocenters. The predicted octanol–water partition coefficient (Wildman–Crippen LogP) is 5.47. The second kappa shape index (κ2) is 19.2. The first-order chi connectivity index (χ1) is 28.3. The van der Waals surface area contributed by atoms with Crippen LogP contribution in [0.3, 0.4) is 0 Å². The van der Waals surface area contributed by atoms with Crippen LogP contribution < -0.4 is 5.73 Å². The first-order valence-electron chi connectivity index (χ1n) is 14.8. The maximum Gasteiger partial charge on any atom is 0.490 e. The van der Waals surface area contributed by atoms with Gasteiger partial charge in [0.2, 0.25) is 4.77 Å². The summed E-state index contributed by atoms with van der Waals surface area (Å²) in [5.74, 6) is -3.60. The summed E-state index contributed by atoms with van der Waals surface area (Å²) in [5.41, 5.74) is -3.75. The minimum atomic E-state index is -6.02. The molecule has 368 valence electrons. The van der Waals surface area contributed by atoms with E-state index in [4.69, 9.17) is 35.1 Å². The molecule has 10 atom stereocenters. The third-order valence-corrected chi connectivity index (χ3v) is 15.5. The number of alkyl halides is 8. The van der Waals surface area contributed by atoms with Gasteiger partial charge < -0.3 is 59.3 Å². The molecule has 11 N–H and O–H groups in total. The van der Waals surface area contributed by atoms with Crippen LogP contribution in [0.2, 0.25) is 0 Å². The van der Waals surface area contributed by atoms with E-state index in [1.807, 2.05) is 4.98 Å². The number of nitrogen functional groups attached to an aromatic ring is 1. The third kappa shape index (κ3) is 14.8. The van der Waals surface area contributed by atoms with Gasteiger partial charge in [-0.25, -0.2) is 45.0 Å². The number of halogens is 10. The molecule has 2 aliphatic heterocycles. The Balaban J connectivity index is 0.000000340. The molecule has 27 nitrogen and oxygen atoms in total. The van der Waals surface area contributed by atoms with Crippen LogP contribution in [0.1, 0.15) is 25.3 Å². The van der Waals surface area contributed by atoms with Gasteiger partial charge in [-0.2, -0.15) is 48.6 Å². The highest BCUT2D eigenvalue weighted by molar-refractivity contribution is 7.72. The van der Waals surface area contributed by atoms with E-state index in [1.165, 1.54) is 0 Å². The van der Waals surface area contributed by atoms with E-state index in [-0.39, 0.29) is 21.5 Å². The molecule has 4 rings (SSSR count). The van der Waals surface area contributed by atoms with Crippen LogP contribution in [0.5, 0.6) is 0 Å². The van der Waals surface area contributed by atoms with Crippen LogP contribution in [0, 0.1) is 25.8 Å². The summed E-state index contributed by atoms with van der Waals surface area (Å²) in [5, 5.41) is 0. The van der Waals surface area contributed by atoms with Gasteiger partial charge in [-0.05, 0) is 24.4 Å². The molecule has 0 bridgehead atoms. The molecule has 0 saturated carbocycles. The minimum absolute atomic E-state index is 0.0505. The van der Waals surface area contributed by atoms with Gasteiger partial charge in [0.1, 0.15) is 4.64 Å². The fraction of sp³-hybridized carbons (Fsp3) is 0.556. The molecule has 4 heterocycles. The van der Waals surface area contributed by atoms with Crippen molar-refractivity contribution in [3.63, 3.8) is 0 Å². The van der Waals surface area contributed by atoms with Crippen LogP contribution in [0.4, 0.5) is 49.7 Å². The monoisotopic (exact) mass is 1130 g/mol. The number of hydrogen-bond donors (Lipinski definition) is 10. The number of phosphoric acid groups is 6. The number of aromatic nitrogens is 4. The van der Waals surface area contributed by atoms with Crippen molar-refractivity contribution >= 4 is 89.4 Å². The smallest absolute Gasteiger partial charge is 0.381 e. The molecule has 46 heteroatoms. The van der Waals surface area contributed by atoms with E-state index in [1.54, 1.807) is 0 Å². The van der Waals surface area contributed by atoms with E-state index in [2.05, 4.69) is 77.4 Å². The topological polar surface area (TPSA) is 403 Å². The second-order valence-corrected chi connectivity index (χ2v) is 21.6. The largest absolute Gasteiger partial charge is 0.490 e. The maximum absolute atomic E-state index is 15.0. The number of phosphoric ester groups is 2. The molecule has 0 aromatic carbocycles. The fourth-order valence-corrected chi connectivity index (χ4v) is 11.5. The zero-order valence-corrected chi connectivity index (χ0v) is 37.1. The van der Waals surface area contributed by atoms with Crippen molar-refractivity contribution < 1.29 is 146 Å². The van der Waals surface area contributed by atoms with Crippen molar-refractivity contribution in [2.75, 3.05) is 5.73 Å². The van der Waals surface area contributed by atoms with Crippen LogP contribution >= 0.6 is 83.6 Å². The third-order valence-electron chi connectivity index (χ3n) is 6.91. The Hall–Kier alpha value is -1.34. The van der Waals surface area contributed by atoms with Crippen molar-refractivity contribution in [1.29, 1.82) is 0 Å². The Morgan fingerprint density at radius 1 is 0.672 bits per heavy atom. The number of hydrogen-bond acceptors (Lipinski definition) is 19. The summed E-state index contributed by atoms with van der Waals surface area (Å²) < 4.78 is 234. The number of anilines is 1. The van der Waals surface area contributed by atoms with Crippen LogP contribution in [0.25, 0.3) is 0 Å². The van der Waals surface area contributed by atoms with Gasteiger partial charge in [0, 0.05) is 25.2 Å². The fourth-order valence-electron chi connectivity index (χ4n) is 4.65. The van der Waals surface area contributed by atoms with Crippen molar-refractivity contribution in [2.24, 2.45) is 0 Å². The summed E-state index contributed by atoms with van der Waals surface area (Å²) in [6, 6.07) is 0. The highest BCUT2D eigenvalue weighted by Crippen LogP contribution is 2.69. The highest BCUT2D eigenvalue weighted by Gasteiger charge is 2.69. The van der Waals surface area contributed by atoms with E-state index in [0.717, 1.165) is 0 Å². The summed E-state index contributed by atoms with van der Waals surface area (Å²) in [4.78, 5) is 75.8. The van der Waals surface area contributed by atoms with Crippen molar-refractivity contribution in [3.8, 4) is 0 Å². The van der Waals surface area contributed by atoms with E-state index >= 15 is 0 Å². The lowest BCUT2D eigenvalue weighted by molar-refractivity contribution is -0.258. The first-order valence-corrected chi connectivity index (χ1v) is 25.1. The molecular formula is C18H21F10N5O22P6S3. The molecule has 2 aromatic rings. The molecular weight excluding hydrogens is 1110 g/mol. The average Bonchev–Trinajstić information content (AvgIpc) is 3.53. The van der Waals surface area contributed by atoms with E-state index < -0.39 is 140 Å². The Morgan fingerprint density at radius 2 is 1.03 bits per heavy atom. The molecule has 64 heavy (non-hydrogen) atoms. The van der Waals surface area contributed by atoms with Gasteiger partial charge in [-0.1, -0.05) is 12.2 Å². The van der Waals surface area contributed by atoms with E-state index in [0.29, 0.717) is 0 Å². The number of rotatable bonds is 14. The number of nitrogens with two attached hydrogens (primary N) is 1. The van der Waals surface area contributed by atoms with Crippen molar-refractivity contribution in [3.05, 3.63) is 38.2 Å². The van der Waals surface area contributed by atoms with Crippen LogP contribution in [-0.2, 0) is 63.2 Å². The number of nitrogens with zero attached hydrogens (tertiary/aromatic N) is 3. The molecule has 0 amide bonds. The Kier molecular flexibility index (Phi) is 17.1. The summed E-state index contributed by atoms with van der Waals surface area (Å²) >= 11 is 13.7. The molecule has 2 fully saturated rings. The van der Waals surface area contributed by atoms with Gasteiger partial charge in [0.15, 0.2) is 47.3 Å².